The molecule has 2 aromatic rings. The predicted octanol–water partition coefficient (Wildman–Crippen LogP) is 5.67. The molecule has 1 saturated heterocycles. The van der Waals surface area contributed by atoms with Gasteiger partial charge in [-0.2, -0.15) is 13.2 Å². The number of nitrogens with zero attached hydrogens (tertiary/aromatic N) is 2. The van der Waals surface area contributed by atoms with Gasteiger partial charge in [-0.1, -0.05) is 12.1 Å². The van der Waals surface area contributed by atoms with Crippen molar-refractivity contribution in [1.82, 2.24) is 4.90 Å². The van der Waals surface area contributed by atoms with E-state index in [1.807, 2.05) is 14.1 Å². The molecular weight excluding hydrogens is 401 g/mol. The SMILES string of the molecule is CN(C)c1ccc([C@H]2CCN(CC3CC3)C[C@@H]2COc2ccc(C(F)(F)F)cc2)cc1. The van der Waals surface area contributed by atoms with E-state index in [1.54, 1.807) is 0 Å². The molecular formula is C25H31F3N2O. The van der Waals surface area contributed by atoms with Crippen LogP contribution in [0.25, 0.3) is 0 Å². The molecule has 0 spiro atoms. The molecule has 4 rings (SSSR count). The molecule has 2 fully saturated rings. The summed E-state index contributed by atoms with van der Waals surface area (Å²) in [5.74, 6) is 2.03. The van der Waals surface area contributed by atoms with Gasteiger partial charge in [-0.05, 0) is 79.6 Å². The Bertz CT molecular complexity index is 845. The molecule has 0 bridgehead atoms. The highest BCUT2D eigenvalue weighted by atomic mass is 19.4. The molecule has 2 aliphatic rings. The number of ether oxygens (including phenoxy) is 1. The number of halogens is 3. The van der Waals surface area contributed by atoms with Gasteiger partial charge in [0.1, 0.15) is 5.75 Å². The maximum atomic E-state index is 12.8. The molecule has 1 heterocycles. The molecule has 1 aliphatic heterocycles. The third kappa shape index (κ3) is 5.73. The molecule has 1 saturated carbocycles. The summed E-state index contributed by atoms with van der Waals surface area (Å²) in [6.07, 6.45) is -0.582. The van der Waals surface area contributed by atoms with Crippen LogP contribution in [0.1, 0.15) is 36.3 Å². The number of rotatable bonds is 7. The van der Waals surface area contributed by atoms with Crippen molar-refractivity contribution in [1.29, 1.82) is 0 Å². The van der Waals surface area contributed by atoms with Gasteiger partial charge in [0.25, 0.3) is 0 Å². The number of benzene rings is 2. The fourth-order valence-corrected chi connectivity index (χ4v) is 4.51. The Hall–Kier alpha value is -2.21. The van der Waals surface area contributed by atoms with Gasteiger partial charge < -0.3 is 14.5 Å². The minimum absolute atomic E-state index is 0.306. The Morgan fingerprint density at radius 1 is 0.968 bits per heavy atom. The third-order valence-electron chi connectivity index (χ3n) is 6.51. The highest BCUT2D eigenvalue weighted by Gasteiger charge is 2.34. The van der Waals surface area contributed by atoms with Crippen LogP contribution in [0.15, 0.2) is 48.5 Å². The van der Waals surface area contributed by atoms with E-state index in [9.17, 15) is 13.2 Å². The number of hydrogen-bond acceptors (Lipinski definition) is 3. The van der Waals surface area contributed by atoms with E-state index >= 15 is 0 Å². The lowest BCUT2D eigenvalue weighted by Crippen LogP contribution is -2.42. The Balaban J connectivity index is 1.45. The third-order valence-corrected chi connectivity index (χ3v) is 6.51. The number of hydrogen-bond donors (Lipinski definition) is 0. The first kappa shape index (κ1) is 22.0. The molecule has 2 atom stereocenters. The van der Waals surface area contributed by atoms with Gasteiger partial charge in [-0.25, -0.2) is 0 Å². The lowest BCUT2D eigenvalue weighted by Gasteiger charge is -2.39. The highest BCUT2D eigenvalue weighted by molar-refractivity contribution is 5.46. The molecule has 3 nitrogen and oxygen atoms in total. The first-order valence-electron chi connectivity index (χ1n) is 11.1. The highest BCUT2D eigenvalue weighted by Crippen LogP contribution is 2.37. The monoisotopic (exact) mass is 432 g/mol. The van der Waals surface area contributed by atoms with Gasteiger partial charge in [-0.15, -0.1) is 0 Å². The van der Waals surface area contributed by atoms with Crippen LogP contribution in [0, 0.1) is 11.8 Å². The van der Waals surface area contributed by atoms with Crippen LogP contribution < -0.4 is 9.64 Å². The smallest absolute Gasteiger partial charge is 0.416 e. The molecule has 1 aliphatic carbocycles. The average Bonchev–Trinajstić information content (AvgIpc) is 3.56. The summed E-state index contributed by atoms with van der Waals surface area (Å²) in [5, 5.41) is 0. The lowest BCUT2D eigenvalue weighted by molar-refractivity contribution is -0.137. The van der Waals surface area contributed by atoms with Crippen LogP contribution in [0.4, 0.5) is 18.9 Å². The molecule has 0 N–H and O–H groups in total. The van der Waals surface area contributed by atoms with Crippen molar-refractivity contribution in [2.75, 3.05) is 45.2 Å². The van der Waals surface area contributed by atoms with E-state index < -0.39 is 11.7 Å². The molecule has 0 radical (unpaired) electrons. The van der Waals surface area contributed by atoms with Gasteiger partial charge in [0.15, 0.2) is 0 Å². The fraction of sp³-hybridized carbons (Fsp3) is 0.520. The van der Waals surface area contributed by atoms with Crippen LogP contribution in [0.3, 0.4) is 0 Å². The first-order chi connectivity index (χ1) is 14.8. The first-order valence-corrected chi connectivity index (χ1v) is 11.1. The summed E-state index contributed by atoms with van der Waals surface area (Å²) in [5.41, 5.74) is 1.84. The second-order valence-corrected chi connectivity index (χ2v) is 9.18. The summed E-state index contributed by atoms with van der Waals surface area (Å²) in [6, 6.07) is 13.8. The van der Waals surface area contributed by atoms with Crippen molar-refractivity contribution in [2.24, 2.45) is 11.8 Å². The molecule has 6 heteroatoms. The zero-order chi connectivity index (χ0) is 22.0. The normalized spacial score (nSPS) is 22.4. The van der Waals surface area contributed by atoms with Crippen molar-refractivity contribution in [3.63, 3.8) is 0 Å². The molecule has 0 aromatic heterocycles. The largest absolute Gasteiger partial charge is 0.493 e. The van der Waals surface area contributed by atoms with Crippen LogP contribution in [0.2, 0.25) is 0 Å². The minimum Gasteiger partial charge on any atom is -0.493 e. The topological polar surface area (TPSA) is 15.7 Å². The number of anilines is 1. The Labute approximate surface area is 182 Å². The fourth-order valence-electron chi connectivity index (χ4n) is 4.51. The lowest BCUT2D eigenvalue weighted by atomic mass is 9.80. The molecule has 2 aromatic carbocycles. The van der Waals surface area contributed by atoms with Gasteiger partial charge in [0, 0.05) is 38.8 Å². The molecule has 168 valence electrons. The summed E-state index contributed by atoms with van der Waals surface area (Å²) in [4.78, 5) is 4.64. The maximum Gasteiger partial charge on any atom is 0.416 e. The number of alkyl halides is 3. The molecule has 0 unspecified atom stereocenters. The summed E-state index contributed by atoms with van der Waals surface area (Å²) < 4.78 is 44.4. The van der Waals surface area contributed by atoms with E-state index in [-0.39, 0.29) is 0 Å². The minimum atomic E-state index is -4.32. The predicted molar refractivity (Wildman–Crippen MR) is 118 cm³/mol. The number of likely N-dealkylation sites (tertiary alicyclic amines) is 1. The maximum absolute atomic E-state index is 12.8. The van der Waals surface area contributed by atoms with E-state index in [0.717, 1.165) is 44.1 Å². The second kappa shape index (κ2) is 9.11. The van der Waals surface area contributed by atoms with E-state index in [4.69, 9.17) is 4.74 Å². The Kier molecular flexibility index (Phi) is 6.47. The van der Waals surface area contributed by atoms with Crippen LogP contribution in [0.5, 0.6) is 5.75 Å². The van der Waals surface area contributed by atoms with E-state index in [2.05, 4.69) is 34.1 Å². The zero-order valence-corrected chi connectivity index (χ0v) is 18.2. The quantitative estimate of drug-likeness (QED) is 0.561. The van der Waals surface area contributed by atoms with Crippen LogP contribution in [-0.2, 0) is 6.18 Å². The van der Waals surface area contributed by atoms with Crippen molar-refractivity contribution in [2.45, 2.75) is 31.4 Å². The van der Waals surface area contributed by atoms with Crippen molar-refractivity contribution in [3.8, 4) is 5.75 Å². The van der Waals surface area contributed by atoms with E-state index in [1.165, 1.54) is 36.2 Å². The second-order valence-electron chi connectivity index (χ2n) is 9.18. The van der Waals surface area contributed by atoms with Crippen molar-refractivity contribution >= 4 is 5.69 Å². The number of piperidine rings is 1. The van der Waals surface area contributed by atoms with E-state index in [0.29, 0.717) is 24.2 Å². The zero-order valence-electron chi connectivity index (χ0n) is 18.2. The Morgan fingerprint density at radius 2 is 1.65 bits per heavy atom. The van der Waals surface area contributed by atoms with Gasteiger partial charge in [-0.3, -0.25) is 0 Å². The average molecular weight is 433 g/mol. The standard InChI is InChI=1S/C25H31F3N2O/c1-29(2)22-9-5-19(6-10-22)24-13-14-30(15-18-3-4-18)16-20(24)17-31-23-11-7-21(8-12-23)25(26,27)28/h5-12,18,20,24H,3-4,13-17H2,1-2H3/t20-,24-/m1/s1. The summed E-state index contributed by atoms with van der Waals surface area (Å²) >= 11 is 0. The molecule has 0 amide bonds. The van der Waals surface area contributed by atoms with Crippen LogP contribution in [-0.4, -0.2) is 45.2 Å². The van der Waals surface area contributed by atoms with Gasteiger partial charge >= 0.3 is 6.18 Å². The molecule has 31 heavy (non-hydrogen) atoms. The van der Waals surface area contributed by atoms with Gasteiger partial charge in [0.05, 0.1) is 12.2 Å². The van der Waals surface area contributed by atoms with Crippen molar-refractivity contribution < 1.29 is 17.9 Å². The summed E-state index contributed by atoms with van der Waals surface area (Å²) in [7, 11) is 4.07. The van der Waals surface area contributed by atoms with Crippen LogP contribution >= 0.6 is 0 Å². The van der Waals surface area contributed by atoms with Crippen molar-refractivity contribution in [3.05, 3.63) is 59.7 Å². The summed E-state index contributed by atoms with van der Waals surface area (Å²) in [6.45, 7) is 3.72. The van der Waals surface area contributed by atoms with Gasteiger partial charge in [0.2, 0.25) is 0 Å². The Morgan fingerprint density at radius 3 is 2.23 bits per heavy atom.